The number of benzene rings is 2. The van der Waals surface area contributed by atoms with Crippen LogP contribution >= 0.6 is 0 Å². The number of hydrogen-bond acceptors (Lipinski definition) is 4. The molecule has 1 amide bonds. The number of likely N-dealkylation sites (tertiary alicyclic amines) is 1. The largest absolute Gasteiger partial charge is 0.508 e. The first-order valence-corrected chi connectivity index (χ1v) is 12.2. The molecule has 0 bridgehead atoms. The van der Waals surface area contributed by atoms with Crippen LogP contribution < -0.4 is 0 Å². The Bertz CT molecular complexity index is 998. The van der Waals surface area contributed by atoms with Gasteiger partial charge in [0.25, 0.3) is 0 Å². The molecule has 0 radical (unpaired) electrons. The van der Waals surface area contributed by atoms with Crippen molar-refractivity contribution in [1.82, 2.24) is 4.90 Å². The molecule has 1 heterocycles. The van der Waals surface area contributed by atoms with Crippen LogP contribution in [0, 0.1) is 5.92 Å². The summed E-state index contributed by atoms with van der Waals surface area (Å²) < 4.78 is 0. The van der Waals surface area contributed by atoms with Crippen LogP contribution in [0.5, 0.6) is 11.5 Å². The van der Waals surface area contributed by atoms with Gasteiger partial charge in [0, 0.05) is 31.0 Å². The highest BCUT2D eigenvalue weighted by Gasteiger charge is 2.29. The van der Waals surface area contributed by atoms with Crippen LogP contribution in [-0.4, -0.2) is 39.9 Å². The number of piperidine rings is 1. The van der Waals surface area contributed by atoms with Crippen LogP contribution in [0.2, 0.25) is 0 Å². The number of phenolic OH excluding ortho intramolecular Hbond substituents is 2. The van der Waals surface area contributed by atoms with Crippen molar-refractivity contribution in [1.29, 1.82) is 0 Å². The summed E-state index contributed by atoms with van der Waals surface area (Å²) in [7, 11) is 0. The minimum atomic E-state index is -0.198. The topological polar surface area (TPSA) is 77.8 Å². The molecule has 3 rings (SSSR count). The lowest BCUT2D eigenvalue weighted by Gasteiger charge is -2.31. The summed E-state index contributed by atoms with van der Waals surface area (Å²) in [6.07, 6.45) is 2.35. The summed E-state index contributed by atoms with van der Waals surface area (Å²) in [4.78, 5) is 27.6. The Morgan fingerprint density at radius 2 is 1.38 bits per heavy atom. The average molecular weight is 466 g/mol. The maximum absolute atomic E-state index is 12.9. The highest BCUT2D eigenvalue weighted by molar-refractivity contribution is 5.98. The third-order valence-electron chi connectivity index (χ3n) is 6.78. The van der Waals surface area contributed by atoms with E-state index < -0.39 is 0 Å². The first-order chi connectivity index (χ1) is 15.8. The van der Waals surface area contributed by atoms with Crippen molar-refractivity contribution in [3.05, 3.63) is 58.7 Å². The molecule has 0 unspecified atom stereocenters. The molecule has 1 fully saturated rings. The molecule has 1 aliphatic rings. The van der Waals surface area contributed by atoms with Gasteiger partial charge in [-0.2, -0.15) is 0 Å². The fourth-order valence-electron chi connectivity index (χ4n) is 4.64. The van der Waals surface area contributed by atoms with Crippen molar-refractivity contribution in [3.63, 3.8) is 0 Å². The van der Waals surface area contributed by atoms with Crippen molar-refractivity contribution >= 4 is 11.7 Å². The predicted molar refractivity (Wildman–Crippen MR) is 136 cm³/mol. The van der Waals surface area contributed by atoms with Gasteiger partial charge in [-0.1, -0.05) is 53.7 Å². The molecular formula is C29H39NO4. The molecule has 34 heavy (non-hydrogen) atoms. The van der Waals surface area contributed by atoms with Gasteiger partial charge in [-0.25, -0.2) is 0 Å². The van der Waals surface area contributed by atoms with Crippen LogP contribution in [0.15, 0.2) is 36.4 Å². The number of phenols is 2. The number of rotatable bonds is 5. The van der Waals surface area contributed by atoms with Gasteiger partial charge < -0.3 is 15.1 Å². The summed E-state index contributed by atoms with van der Waals surface area (Å²) >= 11 is 0. The fraction of sp³-hybridized carbons (Fsp3) is 0.517. The van der Waals surface area contributed by atoms with Crippen molar-refractivity contribution < 1.29 is 19.8 Å². The van der Waals surface area contributed by atoms with E-state index in [4.69, 9.17) is 0 Å². The first kappa shape index (κ1) is 25.8. The summed E-state index contributed by atoms with van der Waals surface area (Å²) in [5.41, 5.74) is 3.11. The fourth-order valence-corrected chi connectivity index (χ4v) is 4.64. The number of carbonyl (C=O) groups is 2. The second kappa shape index (κ2) is 9.81. The van der Waals surface area contributed by atoms with Crippen LogP contribution in [0.3, 0.4) is 0 Å². The maximum Gasteiger partial charge on any atom is 0.222 e. The van der Waals surface area contributed by atoms with Gasteiger partial charge in [-0.05, 0) is 71.0 Å². The molecule has 5 nitrogen and oxygen atoms in total. The van der Waals surface area contributed by atoms with Gasteiger partial charge in [-0.15, -0.1) is 0 Å². The zero-order chi connectivity index (χ0) is 25.3. The number of aryl methyl sites for hydroxylation is 1. The minimum absolute atomic E-state index is 0.0839. The smallest absolute Gasteiger partial charge is 0.222 e. The molecule has 2 aromatic carbocycles. The lowest BCUT2D eigenvalue weighted by atomic mass is 9.78. The highest BCUT2D eigenvalue weighted by atomic mass is 16.3. The van der Waals surface area contributed by atoms with Crippen LogP contribution in [-0.2, 0) is 22.0 Å². The highest BCUT2D eigenvalue weighted by Crippen LogP contribution is 2.40. The minimum Gasteiger partial charge on any atom is -0.508 e. The SMILES string of the molecule is CC(C)(C)c1cc(CCC(=O)N2CCC(C(=O)c3ccc(O)cc3)CC2)cc(C(C)(C)C)c1O. The van der Waals surface area contributed by atoms with E-state index in [0.717, 1.165) is 16.7 Å². The van der Waals surface area contributed by atoms with Gasteiger partial charge in [-0.3, -0.25) is 9.59 Å². The third-order valence-corrected chi connectivity index (χ3v) is 6.78. The van der Waals surface area contributed by atoms with Gasteiger partial charge in [0.15, 0.2) is 5.78 Å². The molecule has 2 N–H and O–H groups in total. The van der Waals surface area contributed by atoms with Gasteiger partial charge in [0.1, 0.15) is 11.5 Å². The third kappa shape index (κ3) is 5.99. The van der Waals surface area contributed by atoms with E-state index in [1.165, 1.54) is 12.1 Å². The Kier molecular flexibility index (Phi) is 7.44. The Morgan fingerprint density at radius 3 is 1.85 bits per heavy atom. The monoisotopic (exact) mass is 465 g/mol. The van der Waals surface area contributed by atoms with E-state index in [2.05, 4.69) is 41.5 Å². The molecular weight excluding hydrogens is 426 g/mol. The molecule has 0 aliphatic carbocycles. The Labute approximate surface area is 203 Å². The number of Topliss-reactive ketones (excluding diaryl/α,β-unsaturated/α-hetero) is 1. The number of hydrogen-bond donors (Lipinski definition) is 2. The summed E-state index contributed by atoms with van der Waals surface area (Å²) in [6, 6.07) is 10.5. The van der Waals surface area contributed by atoms with E-state index in [0.29, 0.717) is 50.1 Å². The molecule has 0 aromatic heterocycles. The van der Waals surface area contributed by atoms with Crippen molar-refractivity contribution in [3.8, 4) is 11.5 Å². The molecule has 0 atom stereocenters. The number of nitrogens with zero attached hydrogens (tertiary/aromatic N) is 1. The molecule has 0 spiro atoms. The number of ketones is 1. The average Bonchev–Trinajstić information content (AvgIpc) is 2.76. The molecule has 1 aliphatic heterocycles. The lowest BCUT2D eigenvalue weighted by molar-refractivity contribution is -0.132. The van der Waals surface area contributed by atoms with E-state index in [9.17, 15) is 19.8 Å². The summed E-state index contributed by atoms with van der Waals surface area (Å²) in [6.45, 7) is 13.7. The summed E-state index contributed by atoms with van der Waals surface area (Å²) in [5.74, 6) is 0.610. The normalized spacial score (nSPS) is 15.4. The molecule has 184 valence electrons. The van der Waals surface area contributed by atoms with E-state index in [1.54, 1.807) is 12.1 Å². The lowest BCUT2D eigenvalue weighted by Crippen LogP contribution is -2.40. The predicted octanol–water partition coefficient (Wildman–Crippen LogP) is 5.75. The first-order valence-electron chi connectivity index (χ1n) is 12.2. The number of carbonyl (C=O) groups excluding carboxylic acids is 2. The van der Waals surface area contributed by atoms with E-state index in [-0.39, 0.29) is 34.2 Å². The zero-order valence-corrected chi connectivity index (χ0v) is 21.4. The molecule has 0 saturated carbocycles. The zero-order valence-electron chi connectivity index (χ0n) is 21.4. The van der Waals surface area contributed by atoms with Gasteiger partial charge >= 0.3 is 0 Å². The Balaban J connectivity index is 1.63. The Hall–Kier alpha value is -2.82. The standard InChI is InChI=1S/C29H39NO4/c1-28(2,3)23-17-19(18-24(27(23)34)29(4,5)6)7-12-25(32)30-15-13-21(14-16-30)26(33)20-8-10-22(31)11-9-20/h8-11,17-18,21,31,34H,7,12-16H2,1-6H3. The van der Waals surface area contributed by atoms with Crippen molar-refractivity contribution in [2.24, 2.45) is 5.92 Å². The van der Waals surface area contributed by atoms with Gasteiger partial charge in [0.2, 0.25) is 5.91 Å². The summed E-state index contributed by atoms with van der Waals surface area (Å²) in [5, 5.41) is 20.3. The maximum atomic E-state index is 12.9. The Morgan fingerprint density at radius 1 is 0.882 bits per heavy atom. The van der Waals surface area contributed by atoms with Crippen LogP contribution in [0.25, 0.3) is 0 Å². The van der Waals surface area contributed by atoms with Crippen molar-refractivity contribution in [2.45, 2.75) is 78.1 Å². The van der Waals surface area contributed by atoms with Crippen molar-refractivity contribution in [2.75, 3.05) is 13.1 Å². The molecule has 2 aromatic rings. The number of amides is 1. The second-order valence-electron chi connectivity index (χ2n) is 11.6. The molecule has 1 saturated heterocycles. The van der Waals surface area contributed by atoms with Crippen LogP contribution in [0.1, 0.15) is 87.9 Å². The van der Waals surface area contributed by atoms with E-state index >= 15 is 0 Å². The molecule has 5 heteroatoms. The van der Waals surface area contributed by atoms with E-state index in [1.807, 2.05) is 17.0 Å². The van der Waals surface area contributed by atoms with Gasteiger partial charge in [0.05, 0.1) is 0 Å². The number of aromatic hydroxyl groups is 2. The van der Waals surface area contributed by atoms with Crippen LogP contribution in [0.4, 0.5) is 0 Å². The quantitative estimate of drug-likeness (QED) is 0.552. The second-order valence-corrected chi connectivity index (χ2v) is 11.6.